The van der Waals surface area contributed by atoms with Gasteiger partial charge in [-0.15, -0.1) is 11.6 Å². The maximum atomic E-state index is 12.7. The Balaban J connectivity index is 3.45. The number of hydrogen-bond acceptors (Lipinski definition) is 2. The van der Waals surface area contributed by atoms with Gasteiger partial charge in [-0.1, -0.05) is 0 Å². The highest BCUT2D eigenvalue weighted by Gasteiger charge is 2.34. The van der Waals surface area contributed by atoms with Crippen molar-refractivity contribution >= 4 is 17.6 Å². The van der Waals surface area contributed by atoms with Crippen LogP contribution in [0.15, 0.2) is 12.1 Å². The first kappa shape index (κ1) is 14.3. The summed E-state index contributed by atoms with van der Waals surface area (Å²) in [6.45, 7) is 0. The quantitative estimate of drug-likeness (QED) is 0.864. The van der Waals surface area contributed by atoms with Crippen molar-refractivity contribution in [3.05, 3.63) is 34.4 Å². The van der Waals surface area contributed by atoms with E-state index in [4.69, 9.17) is 22.0 Å². The molecule has 0 unspecified atom stereocenters. The van der Waals surface area contributed by atoms with Gasteiger partial charge in [0.05, 0.1) is 23.6 Å². The predicted octanol–water partition coefficient (Wildman–Crippen LogP) is 2.94. The Kier molecular flexibility index (Phi) is 4.19. The molecular formula is C11H7ClF3NO2. The minimum Gasteiger partial charge on any atom is -0.481 e. The molecule has 0 saturated carbocycles. The van der Waals surface area contributed by atoms with E-state index in [2.05, 4.69) is 0 Å². The van der Waals surface area contributed by atoms with Crippen LogP contribution in [0.2, 0.25) is 0 Å². The van der Waals surface area contributed by atoms with E-state index in [9.17, 15) is 18.0 Å². The molecule has 0 aromatic heterocycles. The number of nitriles is 1. The van der Waals surface area contributed by atoms with Crippen molar-refractivity contribution in [1.82, 2.24) is 0 Å². The third kappa shape index (κ3) is 3.14. The van der Waals surface area contributed by atoms with Gasteiger partial charge in [0.15, 0.2) is 0 Å². The smallest absolute Gasteiger partial charge is 0.416 e. The van der Waals surface area contributed by atoms with Gasteiger partial charge in [0, 0.05) is 5.88 Å². The zero-order chi connectivity index (χ0) is 13.9. The van der Waals surface area contributed by atoms with Crippen molar-refractivity contribution in [2.24, 2.45) is 0 Å². The van der Waals surface area contributed by atoms with Crippen molar-refractivity contribution in [2.75, 3.05) is 0 Å². The van der Waals surface area contributed by atoms with E-state index in [1.165, 1.54) is 0 Å². The molecule has 3 nitrogen and oxygen atoms in total. The van der Waals surface area contributed by atoms with Crippen LogP contribution in [0.3, 0.4) is 0 Å². The van der Waals surface area contributed by atoms with Gasteiger partial charge in [0.2, 0.25) is 0 Å². The summed E-state index contributed by atoms with van der Waals surface area (Å²) in [6, 6.07) is 3.32. The molecule has 0 atom stereocenters. The van der Waals surface area contributed by atoms with Crippen LogP contribution in [-0.2, 0) is 23.3 Å². The lowest BCUT2D eigenvalue weighted by molar-refractivity contribution is -0.139. The minimum atomic E-state index is -4.63. The summed E-state index contributed by atoms with van der Waals surface area (Å²) in [5.41, 5.74) is -1.53. The van der Waals surface area contributed by atoms with E-state index in [0.29, 0.717) is 6.07 Å². The summed E-state index contributed by atoms with van der Waals surface area (Å²) in [4.78, 5) is 10.5. The van der Waals surface area contributed by atoms with Crippen molar-refractivity contribution in [3.63, 3.8) is 0 Å². The average molecular weight is 278 g/mol. The first-order chi connectivity index (χ1) is 8.29. The molecule has 1 aromatic rings. The summed E-state index contributed by atoms with van der Waals surface area (Å²) >= 11 is 5.40. The van der Waals surface area contributed by atoms with Crippen LogP contribution in [0, 0.1) is 11.3 Å². The number of carbonyl (C=O) groups is 1. The normalized spacial score (nSPS) is 11.1. The highest BCUT2D eigenvalue weighted by molar-refractivity contribution is 6.17. The standard InChI is InChI=1S/C11H7ClF3NO2/c12-4-7-1-8(5-16)6(3-10(17)18)2-9(7)11(13,14)15/h1-2H,3-4H2,(H,17,18). The van der Waals surface area contributed by atoms with Crippen LogP contribution < -0.4 is 0 Å². The number of rotatable bonds is 3. The Hall–Kier alpha value is -1.74. The van der Waals surface area contributed by atoms with Gasteiger partial charge < -0.3 is 5.11 Å². The fourth-order valence-electron chi connectivity index (χ4n) is 1.48. The molecular weight excluding hydrogens is 271 g/mol. The van der Waals surface area contributed by atoms with Gasteiger partial charge in [-0.05, 0) is 23.3 Å². The summed E-state index contributed by atoms with van der Waals surface area (Å²) in [6.07, 6.45) is -5.28. The second-order valence-electron chi connectivity index (χ2n) is 3.48. The molecule has 0 radical (unpaired) electrons. The molecule has 0 fully saturated rings. The van der Waals surface area contributed by atoms with Crippen molar-refractivity contribution in [3.8, 4) is 6.07 Å². The molecule has 18 heavy (non-hydrogen) atoms. The molecule has 0 saturated heterocycles. The molecule has 1 rings (SSSR count). The summed E-state index contributed by atoms with van der Waals surface area (Å²) in [5, 5.41) is 17.4. The van der Waals surface area contributed by atoms with E-state index >= 15 is 0 Å². The fraction of sp³-hybridized carbons (Fsp3) is 0.273. The highest BCUT2D eigenvalue weighted by Crippen LogP contribution is 2.34. The first-order valence-electron chi connectivity index (χ1n) is 4.70. The Labute approximate surface area is 105 Å². The Bertz CT molecular complexity index is 520. The van der Waals surface area contributed by atoms with E-state index in [0.717, 1.165) is 6.07 Å². The summed E-state index contributed by atoms with van der Waals surface area (Å²) in [7, 11) is 0. The molecule has 0 aliphatic heterocycles. The van der Waals surface area contributed by atoms with Crippen LogP contribution in [0.25, 0.3) is 0 Å². The predicted molar refractivity (Wildman–Crippen MR) is 57.1 cm³/mol. The molecule has 0 amide bonds. The van der Waals surface area contributed by atoms with Crippen LogP contribution in [0.5, 0.6) is 0 Å². The largest absolute Gasteiger partial charge is 0.481 e. The van der Waals surface area contributed by atoms with Gasteiger partial charge in [-0.2, -0.15) is 18.4 Å². The summed E-state index contributed by atoms with van der Waals surface area (Å²) in [5.74, 6) is -1.71. The Morgan fingerprint density at radius 3 is 2.39 bits per heavy atom. The summed E-state index contributed by atoms with van der Waals surface area (Å²) < 4.78 is 38.1. The van der Waals surface area contributed by atoms with Crippen molar-refractivity contribution in [1.29, 1.82) is 5.26 Å². The second-order valence-corrected chi connectivity index (χ2v) is 3.75. The van der Waals surface area contributed by atoms with Crippen LogP contribution >= 0.6 is 11.6 Å². The first-order valence-corrected chi connectivity index (χ1v) is 5.24. The SMILES string of the molecule is N#Cc1cc(CCl)c(C(F)(F)F)cc1CC(=O)O. The topological polar surface area (TPSA) is 61.1 Å². The molecule has 0 aliphatic carbocycles. The number of halogens is 4. The number of hydrogen-bond donors (Lipinski definition) is 1. The number of aliphatic carboxylic acids is 1. The second kappa shape index (κ2) is 5.27. The van der Waals surface area contributed by atoms with Crippen LogP contribution in [0.1, 0.15) is 22.3 Å². The third-order valence-electron chi connectivity index (χ3n) is 2.24. The van der Waals surface area contributed by atoms with Gasteiger partial charge in [0.25, 0.3) is 0 Å². The fourth-order valence-corrected chi connectivity index (χ4v) is 1.70. The zero-order valence-corrected chi connectivity index (χ0v) is 9.64. The number of benzene rings is 1. The molecule has 96 valence electrons. The molecule has 0 aliphatic rings. The van der Waals surface area contributed by atoms with Gasteiger partial charge >= 0.3 is 12.1 Å². The van der Waals surface area contributed by atoms with E-state index < -0.39 is 30.0 Å². The Morgan fingerprint density at radius 1 is 1.39 bits per heavy atom. The van der Waals surface area contributed by atoms with Gasteiger partial charge in [-0.3, -0.25) is 4.79 Å². The third-order valence-corrected chi connectivity index (χ3v) is 2.53. The lowest BCUT2D eigenvalue weighted by Gasteiger charge is -2.13. The molecule has 0 heterocycles. The van der Waals surface area contributed by atoms with Crippen LogP contribution in [-0.4, -0.2) is 11.1 Å². The lowest BCUT2D eigenvalue weighted by atomic mass is 9.97. The molecule has 1 aromatic carbocycles. The van der Waals surface area contributed by atoms with Crippen molar-refractivity contribution in [2.45, 2.75) is 18.5 Å². The molecule has 1 N–H and O–H groups in total. The number of carboxylic acid groups (broad SMARTS) is 1. The number of nitrogens with zero attached hydrogens (tertiary/aromatic N) is 1. The maximum absolute atomic E-state index is 12.7. The average Bonchev–Trinajstić information content (AvgIpc) is 2.26. The minimum absolute atomic E-state index is 0.110. The van der Waals surface area contributed by atoms with Gasteiger partial charge in [-0.25, -0.2) is 0 Å². The Morgan fingerprint density at radius 2 is 2.00 bits per heavy atom. The van der Waals surface area contributed by atoms with Crippen LogP contribution in [0.4, 0.5) is 13.2 Å². The highest BCUT2D eigenvalue weighted by atomic mass is 35.5. The molecule has 7 heteroatoms. The molecule has 0 spiro atoms. The monoisotopic (exact) mass is 277 g/mol. The maximum Gasteiger partial charge on any atom is 0.416 e. The zero-order valence-electron chi connectivity index (χ0n) is 8.88. The number of carboxylic acids is 1. The van der Waals surface area contributed by atoms with E-state index in [1.54, 1.807) is 6.07 Å². The van der Waals surface area contributed by atoms with E-state index in [1.807, 2.05) is 0 Å². The van der Waals surface area contributed by atoms with E-state index in [-0.39, 0.29) is 16.7 Å². The van der Waals surface area contributed by atoms with Crippen molar-refractivity contribution < 1.29 is 23.1 Å². The molecule has 0 bridgehead atoms. The lowest BCUT2D eigenvalue weighted by Crippen LogP contribution is -2.12. The number of alkyl halides is 4. The van der Waals surface area contributed by atoms with Gasteiger partial charge in [0.1, 0.15) is 0 Å².